The molecule has 0 bridgehead atoms. The van der Waals surface area contributed by atoms with Gasteiger partial charge in [-0.25, -0.2) is 0 Å². The predicted octanol–water partition coefficient (Wildman–Crippen LogP) is 13.2. The van der Waals surface area contributed by atoms with Crippen LogP contribution in [0.4, 0.5) is 0 Å². The first-order valence-corrected chi connectivity index (χ1v) is 18.0. The number of rotatable bonds is 10. The molecular formula is C41H38S3. The van der Waals surface area contributed by atoms with Crippen LogP contribution >= 0.6 is 34.0 Å². The Bertz CT molecular complexity index is 1890. The second-order valence-corrected chi connectivity index (χ2v) is 14.4. The van der Waals surface area contributed by atoms with E-state index in [1.807, 2.05) is 22.7 Å². The molecule has 3 aromatic carbocycles. The van der Waals surface area contributed by atoms with E-state index in [1.165, 1.54) is 74.5 Å². The molecule has 0 aliphatic rings. The maximum Gasteiger partial charge on any atom is 0.0355 e. The molecule has 0 radical (unpaired) electrons. The lowest BCUT2D eigenvalue weighted by molar-refractivity contribution is 1.14. The van der Waals surface area contributed by atoms with Gasteiger partial charge in [0, 0.05) is 29.9 Å². The second-order valence-electron chi connectivity index (χ2n) is 11.1. The first-order valence-electron chi connectivity index (χ1n) is 15.5. The van der Waals surface area contributed by atoms with Crippen LogP contribution in [0.25, 0.3) is 57.7 Å². The molecule has 0 aliphatic heterocycles. The molecule has 3 aromatic heterocycles. The van der Waals surface area contributed by atoms with Crippen molar-refractivity contribution in [1.82, 2.24) is 0 Å². The van der Waals surface area contributed by atoms with Gasteiger partial charge in [0.15, 0.2) is 0 Å². The Morgan fingerprint density at radius 3 is 1.48 bits per heavy atom. The normalized spacial score (nSPS) is 11.7. The highest BCUT2D eigenvalue weighted by atomic mass is 32.1. The van der Waals surface area contributed by atoms with Crippen LogP contribution in [0.3, 0.4) is 0 Å². The quantitative estimate of drug-likeness (QED) is 0.142. The lowest BCUT2D eigenvalue weighted by Gasteiger charge is -2.03. The molecule has 0 unspecified atom stereocenters. The zero-order valence-electron chi connectivity index (χ0n) is 25.9. The Kier molecular flexibility index (Phi) is 9.57. The van der Waals surface area contributed by atoms with Gasteiger partial charge < -0.3 is 0 Å². The van der Waals surface area contributed by atoms with Gasteiger partial charge in [0.05, 0.1) is 0 Å². The third-order valence-corrected chi connectivity index (χ3v) is 11.2. The Morgan fingerprint density at radius 2 is 0.932 bits per heavy atom. The van der Waals surface area contributed by atoms with Crippen molar-refractivity contribution >= 4 is 58.3 Å². The monoisotopic (exact) mass is 626 g/mol. The Balaban J connectivity index is 1.31. The number of aryl methyl sites for hydroxylation is 4. The number of hydrogen-bond donors (Lipinski definition) is 0. The van der Waals surface area contributed by atoms with Crippen molar-refractivity contribution in [3.63, 3.8) is 0 Å². The van der Waals surface area contributed by atoms with Gasteiger partial charge in [0.25, 0.3) is 0 Å². The van der Waals surface area contributed by atoms with Crippen LogP contribution in [0.15, 0.2) is 96.4 Å². The van der Waals surface area contributed by atoms with E-state index in [0.717, 1.165) is 19.3 Å². The Labute approximate surface area is 274 Å². The average molecular weight is 627 g/mol. The van der Waals surface area contributed by atoms with Crippen LogP contribution in [0.1, 0.15) is 61.8 Å². The molecule has 0 saturated carbocycles. The summed E-state index contributed by atoms with van der Waals surface area (Å²) >= 11 is 5.53. The minimum atomic E-state index is 1.05. The van der Waals surface area contributed by atoms with Gasteiger partial charge in [0.2, 0.25) is 0 Å². The van der Waals surface area contributed by atoms with Gasteiger partial charge >= 0.3 is 0 Å². The summed E-state index contributed by atoms with van der Waals surface area (Å²) in [5, 5.41) is 2.20. The number of hydrogen-bond acceptors (Lipinski definition) is 3. The minimum absolute atomic E-state index is 1.05. The van der Waals surface area contributed by atoms with E-state index in [0.29, 0.717) is 0 Å². The smallest absolute Gasteiger partial charge is 0.0355 e. The SMILES string of the molecule is CCc1ccc(-c2cc(/C=C/c3sc(/C=C/c4sccc4-c4ccc(CC)cc4)cc3-c3ccc(CC)cc3)sc2C)cc1. The maximum absolute atomic E-state index is 2.35. The summed E-state index contributed by atoms with van der Waals surface area (Å²) in [6.45, 7) is 8.85. The summed E-state index contributed by atoms with van der Waals surface area (Å²) in [5.41, 5.74) is 11.9. The maximum atomic E-state index is 2.35. The van der Waals surface area contributed by atoms with Gasteiger partial charge in [-0.05, 0) is 119 Å². The molecule has 6 aromatic rings. The summed E-state index contributed by atoms with van der Waals surface area (Å²) in [6, 6.07) is 34.0. The third kappa shape index (κ3) is 6.81. The average Bonchev–Trinajstić information content (AvgIpc) is 3.81. The fraction of sp³-hybridized carbons (Fsp3) is 0.171. The molecule has 3 heteroatoms. The van der Waals surface area contributed by atoms with Crippen molar-refractivity contribution in [1.29, 1.82) is 0 Å². The fourth-order valence-electron chi connectivity index (χ4n) is 5.49. The van der Waals surface area contributed by atoms with Crippen molar-refractivity contribution in [2.45, 2.75) is 47.0 Å². The Morgan fingerprint density at radius 1 is 0.477 bits per heavy atom. The molecule has 0 aliphatic carbocycles. The standard InChI is InChI=1S/C41H38S3/c1-5-29-8-14-32(15-9-29)37-24-25-42-40(37)22-20-36-27-39(34-18-12-31(7-3)13-19-34)41(44-36)23-21-35-26-38(28(4)43-35)33-16-10-30(6-2)11-17-33/h8-27H,5-7H2,1-4H3/b22-20+,23-21+. The fourth-order valence-corrected chi connectivity index (χ4v) is 8.25. The first kappa shape index (κ1) is 30.3. The third-order valence-electron chi connectivity index (χ3n) is 8.23. The van der Waals surface area contributed by atoms with E-state index in [1.54, 1.807) is 11.3 Å². The van der Waals surface area contributed by atoms with E-state index in [-0.39, 0.29) is 0 Å². The zero-order valence-corrected chi connectivity index (χ0v) is 28.3. The zero-order chi connectivity index (χ0) is 30.5. The first-order chi connectivity index (χ1) is 21.5. The minimum Gasteiger partial charge on any atom is -0.144 e. The molecule has 0 nitrogen and oxygen atoms in total. The van der Waals surface area contributed by atoms with Crippen molar-refractivity contribution in [2.75, 3.05) is 0 Å². The van der Waals surface area contributed by atoms with Crippen molar-refractivity contribution < 1.29 is 0 Å². The molecule has 0 atom stereocenters. The summed E-state index contributed by atoms with van der Waals surface area (Å²) < 4.78 is 0. The van der Waals surface area contributed by atoms with Gasteiger partial charge in [-0.3, -0.25) is 0 Å². The van der Waals surface area contributed by atoms with Crippen LogP contribution in [0.2, 0.25) is 0 Å². The second kappa shape index (κ2) is 13.9. The molecule has 0 spiro atoms. The van der Waals surface area contributed by atoms with Gasteiger partial charge in [-0.1, -0.05) is 93.6 Å². The lowest BCUT2D eigenvalue weighted by Crippen LogP contribution is -1.81. The van der Waals surface area contributed by atoms with E-state index >= 15 is 0 Å². The largest absolute Gasteiger partial charge is 0.144 e. The van der Waals surface area contributed by atoms with Crippen molar-refractivity contribution in [3.8, 4) is 33.4 Å². The van der Waals surface area contributed by atoms with E-state index in [9.17, 15) is 0 Å². The number of thiophene rings is 3. The molecular weight excluding hydrogens is 589 g/mol. The highest BCUT2D eigenvalue weighted by Crippen LogP contribution is 2.37. The van der Waals surface area contributed by atoms with Crippen LogP contribution in [0.5, 0.6) is 0 Å². The van der Waals surface area contributed by atoms with E-state index in [2.05, 4.69) is 148 Å². The van der Waals surface area contributed by atoms with Gasteiger partial charge in [0.1, 0.15) is 0 Å². The molecule has 3 heterocycles. The summed E-state index contributed by atoms with van der Waals surface area (Å²) in [4.78, 5) is 6.48. The summed E-state index contributed by atoms with van der Waals surface area (Å²) in [7, 11) is 0. The summed E-state index contributed by atoms with van der Waals surface area (Å²) in [5.74, 6) is 0. The summed E-state index contributed by atoms with van der Waals surface area (Å²) in [6.07, 6.45) is 12.4. The topological polar surface area (TPSA) is 0 Å². The van der Waals surface area contributed by atoms with Crippen molar-refractivity contribution in [3.05, 3.63) is 137 Å². The molecule has 6 rings (SSSR count). The molecule has 0 N–H and O–H groups in total. The molecule has 0 fully saturated rings. The number of benzene rings is 3. The van der Waals surface area contributed by atoms with Crippen LogP contribution in [0, 0.1) is 6.92 Å². The molecule has 0 amide bonds. The van der Waals surface area contributed by atoms with Crippen molar-refractivity contribution in [2.24, 2.45) is 0 Å². The van der Waals surface area contributed by atoms with E-state index in [4.69, 9.17) is 0 Å². The molecule has 0 saturated heterocycles. The lowest BCUT2D eigenvalue weighted by atomic mass is 10.0. The van der Waals surface area contributed by atoms with Gasteiger partial charge in [-0.15, -0.1) is 34.0 Å². The van der Waals surface area contributed by atoms with Crippen LogP contribution in [-0.4, -0.2) is 0 Å². The van der Waals surface area contributed by atoms with Crippen LogP contribution < -0.4 is 0 Å². The van der Waals surface area contributed by atoms with Gasteiger partial charge in [-0.2, -0.15) is 0 Å². The predicted molar refractivity (Wildman–Crippen MR) is 200 cm³/mol. The molecule has 44 heavy (non-hydrogen) atoms. The highest BCUT2D eigenvalue weighted by molar-refractivity contribution is 7.15. The van der Waals surface area contributed by atoms with E-state index < -0.39 is 0 Å². The Hall–Kier alpha value is -3.76. The molecule has 220 valence electrons. The highest BCUT2D eigenvalue weighted by Gasteiger charge is 2.11. The van der Waals surface area contributed by atoms with Crippen LogP contribution in [-0.2, 0) is 19.3 Å².